The van der Waals surface area contributed by atoms with Crippen LogP contribution in [-0.4, -0.2) is 15.1 Å². The number of rotatable bonds is 4. The molecule has 0 radical (unpaired) electrons. The average molecular weight is 284 g/mol. The molecule has 94 valence electrons. The monoisotopic (exact) mass is 283 g/mol. The molecule has 0 spiro atoms. The molecule has 0 aliphatic heterocycles. The molecule has 0 saturated carbocycles. The summed E-state index contributed by atoms with van der Waals surface area (Å²) in [4.78, 5) is 7.76. The molecule has 2 aromatic rings. The maximum absolute atomic E-state index is 9.05. The molecular weight excluding hydrogens is 273 g/mol. The largest absolute Gasteiger partial charge is 0.392 e. The summed E-state index contributed by atoms with van der Waals surface area (Å²) in [6.45, 7) is 0.564. The highest BCUT2D eigenvalue weighted by atomic mass is 35.5. The van der Waals surface area contributed by atoms with Crippen LogP contribution in [0.1, 0.15) is 11.1 Å². The van der Waals surface area contributed by atoms with Gasteiger partial charge in [-0.3, -0.25) is 0 Å². The minimum absolute atomic E-state index is 0.0218. The molecule has 0 aliphatic carbocycles. The third-order valence-electron chi connectivity index (χ3n) is 2.35. The Labute approximate surface area is 115 Å². The van der Waals surface area contributed by atoms with Gasteiger partial charge in [0.05, 0.1) is 12.8 Å². The van der Waals surface area contributed by atoms with Gasteiger partial charge >= 0.3 is 0 Å². The Morgan fingerprint density at radius 2 is 2.00 bits per heavy atom. The van der Waals surface area contributed by atoms with Crippen LogP contribution >= 0.6 is 23.2 Å². The topological polar surface area (TPSA) is 58.0 Å². The van der Waals surface area contributed by atoms with E-state index in [4.69, 9.17) is 28.3 Å². The molecule has 0 unspecified atom stereocenters. The van der Waals surface area contributed by atoms with Crippen molar-refractivity contribution in [2.24, 2.45) is 0 Å². The van der Waals surface area contributed by atoms with Crippen LogP contribution in [0.15, 0.2) is 30.5 Å². The molecule has 0 atom stereocenters. The van der Waals surface area contributed by atoms with Crippen molar-refractivity contribution < 1.29 is 5.11 Å². The molecule has 0 fully saturated rings. The summed E-state index contributed by atoms with van der Waals surface area (Å²) in [5, 5.41) is 12.7. The molecule has 4 nitrogen and oxygen atoms in total. The molecule has 18 heavy (non-hydrogen) atoms. The second kappa shape index (κ2) is 6.00. The number of anilines is 1. The van der Waals surface area contributed by atoms with Gasteiger partial charge in [0.25, 0.3) is 0 Å². The summed E-state index contributed by atoms with van der Waals surface area (Å²) in [6.07, 6.45) is 1.45. The number of hydrogen-bond donors (Lipinski definition) is 2. The first-order valence-corrected chi connectivity index (χ1v) is 6.05. The molecule has 1 aromatic carbocycles. The number of aromatic nitrogens is 2. The Hall–Kier alpha value is -1.36. The fourth-order valence-corrected chi connectivity index (χ4v) is 1.78. The normalized spacial score (nSPS) is 10.4. The number of nitrogens with one attached hydrogen (secondary N) is 1. The molecule has 2 N–H and O–H groups in total. The van der Waals surface area contributed by atoms with Gasteiger partial charge in [-0.05, 0) is 22.7 Å². The lowest BCUT2D eigenvalue weighted by Gasteiger charge is -2.08. The zero-order valence-electron chi connectivity index (χ0n) is 9.40. The predicted octanol–water partition coefficient (Wildman–Crippen LogP) is 2.89. The minimum Gasteiger partial charge on any atom is -0.392 e. The van der Waals surface area contributed by atoms with Gasteiger partial charge in [0, 0.05) is 6.54 Å². The second-order valence-electron chi connectivity index (χ2n) is 3.67. The number of hydrogen-bond acceptors (Lipinski definition) is 4. The first-order chi connectivity index (χ1) is 8.69. The first kappa shape index (κ1) is 13.1. The highest BCUT2D eigenvalue weighted by Crippen LogP contribution is 2.20. The molecule has 1 aromatic heterocycles. The Morgan fingerprint density at radius 3 is 2.78 bits per heavy atom. The van der Waals surface area contributed by atoms with Gasteiger partial charge in [-0.2, -0.15) is 4.98 Å². The van der Waals surface area contributed by atoms with Gasteiger partial charge < -0.3 is 10.4 Å². The van der Waals surface area contributed by atoms with Crippen LogP contribution in [0.2, 0.25) is 10.3 Å². The Kier molecular flexibility index (Phi) is 4.36. The third-order valence-corrected chi connectivity index (χ3v) is 2.81. The number of benzene rings is 1. The van der Waals surface area contributed by atoms with E-state index >= 15 is 0 Å². The SMILES string of the molecule is OCc1cccc(CNc2nc(Cl)ncc2Cl)c1. The summed E-state index contributed by atoms with van der Waals surface area (Å²) >= 11 is 11.6. The van der Waals surface area contributed by atoms with Crippen LogP contribution in [0.5, 0.6) is 0 Å². The van der Waals surface area contributed by atoms with Gasteiger partial charge in [-0.1, -0.05) is 35.9 Å². The van der Waals surface area contributed by atoms with Crippen molar-refractivity contribution >= 4 is 29.0 Å². The Bertz CT molecular complexity index is 549. The van der Waals surface area contributed by atoms with Crippen LogP contribution in [-0.2, 0) is 13.2 Å². The van der Waals surface area contributed by atoms with E-state index in [2.05, 4.69) is 15.3 Å². The van der Waals surface area contributed by atoms with Crippen molar-refractivity contribution in [1.82, 2.24) is 9.97 Å². The van der Waals surface area contributed by atoms with Crippen LogP contribution < -0.4 is 5.32 Å². The van der Waals surface area contributed by atoms with E-state index in [1.54, 1.807) is 0 Å². The zero-order chi connectivity index (χ0) is 13.0. The number of nitrogens with zero attached hydrogens (tertiary/aromatic N) is 2. The fourth-order valence-electron chi connectivity index (χ4n) is 1.49. The molecule has 0 amide bonds. The minimum atomic E-state index is 0.0218. The van der Waals surface area contributed by atoms with Gasteiger partial charge in [-0.15, -0.1) is 0 Å². The van der Waals surface area contributed by atoms with Crippen molar-refractivity contribution in [2.45, 2.75) is 13.2 Å². The van der Waals surface area contributed by atoms with E-state index in [0.717, 1.165) is 11.1 Å². The molecule has 0 bridgehead atoms. The summed E-state index contributed by atoms with van der Waals surface area (Å²) in [6, 6.07) is 7.60. The number of halogens is 2. The highest BCUT2D eigenvalue weighted by Gasteiger charge is 2.04. The number of aliphatic hydroxyl groups is 1. The zero-order valence-corrected chi connectivity index (χ0v) is 10.9. The van der Waals surface area contributed by atoms with Crippen LogP contribution in [0.25, 0.3) is 0 Å². The quantitative estimate of drug-likeness (QED) is 0.848. The maximum atomic E-state index is 9.05. The molecule has 1 heterocycles. The van der Waals surface area contributed by atoms with Gasteiger partial charge in [-0.25, -0.2) is 4.98 Å². The highest BCUT2D eigenvalue weighted by molar-refractivity contribution is 6.33. The third kappa shape index (κ3) is 3.32. The van der Waals surface area contributed by atoms with E-state index < -0.39 is 0 Å². The standard InChI is InChI=1S/C12H11Cl2N3O/c13-10-6-16-12(14)17-11(10)15-5-8-2-1-3-9(4-8)7-18/h1-4,6,18H,5,7H2,(H,15,16,17). The van der Waals surface area contributed by atoms with Crippen molar-refractivity contribution in [3.63, 3.8) is 0 Å². The van der Waals surface area contributed by atoms with Crippen molar-refractivity contribution in [3.05, 3.63) is 51.9 Å². The predicted molar refractivity (Wildman–Crippen MR) is 71.7 cm³/mol. The lowest BCUT2D eigenvalue weighted by Crippen LogP contribution is -2.03. The van der Waals surface area contributed by atoms with Crippen molar-refractivity contribution in [2.75, 3.05) is 5.32 Å². The van der Waals surface area contributed by atoms with Crippen LogP contribution in [0.4, 0.5) is 5.82 Å². The van der Waals surface area contributed by atoms with Gasteiger partial charge in [0.1, 0.15) is 10.8 Å². The Balaban J connectivity index is 2.08. The summed E-state index contributed by atoms with van der Waals surface area (Å²) in [7, 11) is 0. The summed E-state index contributed by atoms with van der Waals surface area (Å²) in [5.41, 5.74) is 1.88. The lowest BCUT2D eigenvalue weighted by atomic mass is 10.1. The molecule has 0 saturated heterocycles. The van der Waals surface area contributed by atoms with Crippen molar-refractivity contribution in [1.29, 1.82) is 0 Å². The van der Waals surface area contributed by atoms with E-state index in [1.165, 1.54) is 6.20 Å². The smallest absolute Gasteiger partial charge is 0.224 e. The molecular formula is C12H11Cl2N3O. The fraction of sp³-hybridized carbons (Fsp3) is 0.167. The van der Waals surface area contributed by atoms with E-state index in [-0.39, 0.29) is 11.9 Å². The van der Waals surface area contributed by atoms with E-state index in [0.29, 0.717) is 17.4 Å². The van der Waals surface area contributed by atoms with E-state index in [1.807, 2.05) is 24.3 Å². The summed E-state index contributed by atoms with van der Waals surface area (Å²) < 4.78 is 0. The maximum Gasteiger partial charge on any atom is 0.224 e. The van der Waals surface area contributed by atoms with E-state index in [9.17, 15) is 0 Å². The van der Waals surface area contributed by atoms with Crippen LogP contribution in [0.3, 0.4) is 0 Å². The number of aliphatic hydroxyl groups excluding tert-OH is 1. The molecule has 0 aliphatic rings. The molecule has 2 rings (SSSR count). The lowest BCUT2D eigenvalue weighted by molar-refractivity contribution is 0.281. The summed E-state index contributed by atoms with van der Waals surface area (Å²) in [5.74, 6) is 0.492. The molecule has 6 heteroatoms. The second-order valence-corrected chi connectivity index (χ2v) is 4.41. The average Bonchev–Trinajstić information content (AvgIpc) is 2.40. The Morgan fingerprint density at radius 1 is 1.22 bits per heavy atom. The first-order valence-electron chi connectivity index (χ1n) is 5.29. The van der Waals surface area contributed by atoms with Gasteiger partial charge in [0.2, 0.25) is 5.28 Å². The van der Waals surface area contributed by atoms with Gasteiger partial charge in [0.15, 0.2) is 0 Å². The van der Waals surface area contributed by atoms with Crippen LogP contribution in [0, 0.1) is 0 Å². The van der Waals surface area contributed by atoms with Crippen molar-refractivity contribution in [3.8, 4) is 0 Å².